The number of guanidine groups is 1. The summed E-state index contributed by atoms with van der Waals surface area (Å²) < 4.78 is 0. The molecule has 0 aromatic heterocycles. The molecule has 0 atom stereocenters. The fraction of sp³-hybridized carbons (Fsp3) is 0. The van der Waals surface area contributed by atoms with Crippen LogP contribution < -0.4 is 11.2 Å². The number of hydrogen-bond acceptors (Lipinski definition) is 5. The number of hydrazone groups is 1. The van der Waals surface area contributed by atoms with Gasteiger partial charge in [-0.3, -0.25) is 0 Å². The fourth-order valence-electron chi connectivity index (χ4n) is 1.71. The molecule has 0 fully saturated rings. The van der Waals surface area contributed by atoms with Crippen molar-refractivity contribution < 1.29 is 10.2 Å². The summed E-state index contributed by atoms with van der Waals surface area (Å²) in [6.45, 7) is 0. The van der Waals surface area contributed by atoms with Crippen molar-refractivity contribution in [3.05, 3.63) is 55.5 Å². The third-order valence-corrected chi connectivity index (χ3v) is 3.87. The number of phenols is 2. The Labute approximate surface area is 168 Å². The number of phenolic OH excluding ortho intramolecular Hbond substituents is 2. The van der Waals surface area contributed by atoms with E-state index in [9.17, 15) is 10.2 Å². The second kappa shape index (κ2) is 8.95. The first-order chi connectivity index (χ1) is 12.3. The van der Waals surface area contributed by atoms with Gasteiger partial charge >= 0.3 is 0 Å². The minimum atomic E-state index is -0.187. The molecular weight excluding hydrogens is 424 g/mol. The van der Waals surface area contributed by atoms with Gasteiger partial charge in [-0.05, 0) is 24.3 Å². The van der Waals surface area contributed by atoms with Crippen LogP contribution >= 0.6 is 46.4 Å². The average Bonchev–Trinajstić information content (AvgIpc) is 2.56. The van der Waals surface area contributed by atoms with Gasteiger partial charge in [-0.15, -0.1) is 5.10 Å². The van der Waals surface area contributed by atoms with E-state index in [0.717, 1.165) is 0 Å². The van der Waals surface area contributed by atoms with E-state index in [1.54, 1.807) is 0 Å². The molecule has 11 heteroatoms. The van der Waals surface area contributed by atoms with Crippen molar-refractivity contribution >= 4 is 64.8 Å². The number of rotatable bonds is 4. The summed E-state index contributed by atoms with van der Waals surface area (Å²) in [7, 11) is 0. The lowest BCUT2D eigenvalue weighted by molar-refractivity contribution is 0.474. The maximum Gasteiger partial charge on any atom is 0.234 e. The third kappa shape index (κ3) is 5.40. The minimum absolute atomic E-state index is 0.0821. The molecule has 136 valence electrons. The summed E-state index contributed by atoms with van der Waals surface area (Å²) >= 11 is 23.3. The summed E-state index contributed by atoms with van der Waals surface area (Å²) in [6.07, 6.45) is 2.47. The van der Waals surface area contributed by atoms with Crippen LogP contribution in [-0.4, -0.2) is 28.6 Å². The molecule has 0 radical (unpaired) electrons. The Morgan fingerprint density at radius 2 is 1.38 bits per heavy atom. The monoisotopic (exact) mass is 433 g/mol. The molecule has 26 heavy (non-hydrogen) atoms. The Morgan fingerprint density at radius 3 is 1.92 bits per heavy atom. The highest BCUT2D eigenvalue weighted by Gasteiger charge is 2.06. The second-order valence-corrected chi connectivity index (χ2v) is 6.44. The second-order valence-electron chi connectivity index (χ2n) is 4.75. The van der Waals surface area contributed by atoms with E-state index in [-0.39, 0.29) is 38.6 Å². The molecule has 0 heterocycles. The van der Waals surface area contributed by atoms with Crippen LogP contribution in [0.2, 0.25) is 20.1 Å². The van der Waals surface area contributed by atoms with Gasteiger partial charge in [0.15, 0.2) is 0 Å². The fourth-order valence-corrected chi connectivity index (χ4v) is 2.73. The summed E-state index contributed by atoms with van der Waals surface area (Å²) in [5.41, 5.74) is 8.52. The van der Waals surface area contributed by atoms with E-state index in [1.165, 1.54) is 36.7 Å². The number of hydrogen-bond donors (Lipinski definition) is 4. The SMILES string of the molecule is N/C(=N\N=C\c1cc(Cl)cc(Cl)c1O)N/N=C/c1cc(Cl)cc(Cl)c1O. The molecule has 0 aliphatic carbocycles. The Hall–Kier alpha value is -2.19. The summed E-state index contributed by atoms with van der Waals surface area (Å²) in [5.74, 6) is -0.519. The van der Waals surface area contributed by atoms with Gasteiger partial charge in [-0.1, -0.05) is 46.4 Å². The predicted octanol–water partition coefficient (Wildman–Crippen LogP) is 3.98. The Morgan fingerprint density at radius 1 is 0.885 bits per heavy atom. The van der Waals surface area contributed by atoms with E-state index in [2.05, 4.69) is 20.7 Å². The van der Waals surface area contributed by atoms with E-state index in [4.69, 9.17) is 52.1 Å². The van der Waals surface area contributed by atoms with Crippen molar-refractivity contribution in [2.75, 3.05) is 0 Å². The zero-order valence-corrected chi connectivity index (χ0v) is 15.8. The van der Waals surface area contributed by atoms with Gasteiger partial charge in [-0.25, -0.2) is 5.43 Å². The molecule has 2 aromatic carbocycles. The van der Waals surface area contributed by atoms with Gasteiger partial charge in [0.1, 0.15) is 11.5 Å². The van der Waals surface area contributed by atoms with Crippen LogP contribution in [0.15, 0.2) is 39.6 Å². The molecule has 5 N–H and O–H groups in total. The van der Waals surface area contributed by atoms with Crippen LogP contribution in [-0.2, 0) is 0 Å². The zero-order valence-electron chi connectivity index (χ0n) is 12.8. The van der Waals surface area contributed by atoms with Crippen molar-refractivity contribution in [1.82, 2.24) is 5.43 Å². The van der Waals surface area contributed by atoms with Gasteiger partial charge in [0.05, 0.1) is 22.5 Å². The maximum absolute atomic E-state index is 9.79. The van der Waals surface area contributed by atoms with E-state index in [1.807, 2.05) is 0 Å². The normalized spacial score (nSPS) is 12.2. The smallest absolute Gasteiger partial charge is 0.234 e. The summed E-state index contributed by atoms with van der Waals surface area (Å²) in [4.78, 5) is 0. The van der Waals surface area contributed by atoms with Crippen LogP contribution in [0.1, 0.15) is 11.1 Å². The van der Waals surface area contributed by atoms with Crippen molar-refractivity contribution in [1.29, 1.82) is 0 Å². The number of nitrogens with one attached hydrogen (secondary N) is 1. The lowest BCUT2D eigenvalue weighted by atomic mass is 10.2. The van der Waals surface area contributed by atoms with Crippen LogP contribution in [0.4, 0.5) is 0 Å². The molecule has 0 unspecified atom stereocenters. The lowest BCUT2D eigenvalue weighted by Gasteiger charge is -2.02. The molecule has 0 spiro atoms. The van der Waals surface area contributed by atoms with Crippen molar-refractivity contribution in [2.45, 2.75) is 0 Å². The molecule has 0 bridgehead atoms. The molecule has 0 aliphatic rings. The molecule has 0 saturated heterocycles. The predicted molar refractivity (Wildman–Crippen MR) is 106 cm³/mol. The summed E-state index contributed by atoms with van der Waals surface area (Å²) in [6, 6.07) is 5.70. The average molecular weight is 435 g/mol. The highest BCUT2D eigenvalue weighted by molar-refractivity contribution is 6.36. The standard InChI is InChI=1S/C15H11Cl4N5O2/c16-9-1-7(13(25)11(18)3-9)5-21-23-15(20)24-22-6-8-2-10(17)4-12(19)14(8)26/h1-6,25-26H,(H3,20,23,24)/b21-5+,22-6+. The molecule has 0 saturated carbocycles. The van der Waals surface area contributed by atoms with Gasteiger partial charge in [0, 0.05) is 21.2 Å². The first-order valence-corrected chi connectivity index (χ1v) is 8.30. The lowest BCUT2D eigenvalue weighted by Crippen LogP contribution is -2.26. The highest BCUT2D eigenvalue weighted by Crippen LogP contribution is 2.30. The number of nitrogens with two attached hydrogens (primary N) is 1. The zero-order chi connectivity index (χ0) is 19.3. The summed E-state index contributed by atoms with van der Waals surface area (Å²) in [5, 5.41) is 31.5. The number of aromatic hydroxyl groups is 2. The Bertz CT molecular complexity index is 915. The minimum Gasteiger partial charge on any atom is -0.506 e. The maximum atomic E-state index is 9.79. The third-order valence-electron chi connectivity index (χ3n) is 2.86. The van der Waals surface area contributed by atoms with Gasteiger partial charge in [0.2, 0.25) is 5.96 Å². The quantitative estimate of drug-likeness (QED) is 0.330. The van der Waals surface area contributed by atoms with E-state index in [0.29, 0.717) is 10.0 Å². The van der Waals surface area contributed by atoms with Crippen molar-refractivity contribution in [2.24, 2.45) is 21.0 Å². The Kier molecular flexibility index (Phi) is 6.93. The van der Waals surface area contributed by atoms with Crippen LogP contribution in [0.25, 0.3) is 0 Å². The number of nitrogens with zero attached hydrogens (tertiary/aromatic N) is 3. The van der Waals surface area contributed by atoms with Gasteiger partial charge in [0.25, 0.3) is 0 Å². The van der Waals surface area contributed by atoms with Crippen LogP contribution in [0, 0.1) is 0 Å². The molecule has 0 aliphatic heterocycles. The van der Waals surface area contributed by atoms with Crippen LogP contribution in [0.3, 0.4) is 0 Å². The first kappa shape index (κ1) is 20.1. The molecule has 7 nitrogen and oxygen atoms in total. The first-order valence-electron chi connectivity index (χ1n) is 6.79. The van der Waals surface area contributed by atoms with Crippen LogP contribution in [0.5, 0.6) is 11.5 Å². The van der Waals surface area contributed by atoms with Crippen molar-refractivity contribution in [3.63, 3.8) is 0 Å². The highest BCUT2D eigenvalue weighted by atomic mass is 35.5. The number of benzene rings is 2. The Balaban J connectivity index is 2.05. The largest absolute Gasteiger partial charge is 0.506 e. The van der Waals surface area contributed by atoms with E-state index >= 15 is 0 Å². The topological polar surface area (TPSA) is 116 Å². The molecule has 0 amide bonds. The molecule has 2 rings (SSSR count). The molecular formula is C15H11Cl4N5O2. The van der Waals surface area contributed by atoms with E-state index < -0.39 is 0 Å². The van der Waals surface area contributed by atoms with Crippen molar-refractivity contribution in [3.8, 4) is 11.5 Å². The van der Waals surface area contributed by atoms with Gasteiger partial charge in [-0.2, -0.15) is 10.2 Å². The number of halogens is 4. The van der Waals surface area contributed by atoms with Gasteiger partial charge < -0.3 is 15.9 Å². The molecule has 2 aromatic rings.